The van der Waals surface area contributed by atoms with Crippen molar-refractivity contribution in [2.24, 2.45) is 0 Å². The molecule has 0 aliphatic carbocycles. The van der Waals surface area contributed by atoms with Gasteiger partial charge in [-0.15, -0.1) is 0 Å². The first-order valence-corrected chi connectivity index (χ1v) is 11.3. The second-order valence-electron chi connectivity index (χ2n) is 8.50. The van der Waals surface area contributed by atoms with Gasteiger partial charge < -0.3 is 24.3 Å². The molecule has 1 aromatic carbocycles. The molecule has 0 bridgehead atoms. The van der Waals surface area contributed by atoms with Crippen molar-refractivity contribution in [3.63, 3.8) is 0 Å². The third-order valence-electron chi connectivity index (χ3n) is 6.53. The van der Waals surface area contributed by atoms with Gasteiger partial charge in [-0.1, -0.05) is 18.2 Å². The molecule has 1 saturated heterocycles. The van der Waals surface area contributed by atoms with Crippen LogP contribution in [0.2, 0.25) is 0 Å². The molecule has 1 amide bonds. The van der Waals surface area contributed by atoms with Gasteiger partial charge >= 0.3 is 0 Å². The van der Waals surface area contributed by atoms with E-state index >= 15 is 0 Å². The third-order valence-corrected chi connectivity index (χ3v) is 6.53. The van der Waals surface area contributed by atoms with E-state index in [1.165, 1.54) is 0 Å². The zero-order valence-corrected chi connectivity index (χ0v) is 19.3. The lowest BCUT2D eigenvalue weighted by atomic mass is 10.0. The van der Waals surface area contributed by atoms with Gasteiger partial charge in [0.2, 0.25) is 5.91 Å². The Bertz CT molecular complexity index is 1510. The van der Waals surface area contributed by atoms with Crippen LogP contribution >= 0.6 is 0 Å². The van der Waals surface area contributed by atoms with Crippen LogP contribution < -0.4 is 5.73 Å². The number of para-hydroxylation sites is 1. The number of nitrogens with zero attached hydrogens (tertiary/aromatic N) is 4. The summed E-state index contributed by atoms with van der Waals surface area (Å²) in [7, 11) is 0. The number of benzene rings is 1. The number of aromatic nitrogens is 3. The van der Waals surface area contributed by atoms with Crippen LogP contribution in [0.25, 0.3) is 44.4 Å². The molecule has 5 aromatic rings. The standard InChI is InChI=1S/C25H23N5O3.CH2O/c1-15(31)29-8-6-17(7-9-29)30-13-16(11-28-30)20-12-27-25(26)24-19(20)10-23(33-24)21-14-32-22-5-3-2-4-18(21)22;1-2/h2-5,10-14,17H,6-9H2,1H3,(H2,26,27);1H2. The predicted molar refractivity (Wildman–Crippen MR) is 132 cm³/mol. The topological polar surface area (TPSA) is 120 Å². The molecule has 0 radical (unpaired) electrons. The Balaban J connectivity index is 0.00000124. The zero-order chi connectivity index (χ0) is 24.5. The number of hydrogen-bond donors (Lipinski definition) is 1. The first-order chi connectivity index (χ1) is 17.1. The van der Waals surface area contributed by atoms with Gasteiger partial charge in [0.05, 0.1) is 17.8 Å². The molecule has 1 fully saturated rings. The zero-order valence-electron chi connectivity index (χ0n) is 19.3. The van der Waals surface area contributed by atoms with Crippen LogP contribution in [0.1, 0.15) is 25.8 Å². The van der Waals surface area contributed by atoms with Crippen molar-refractivity contribution in [1.29, 1.82) is 0 Å². The minimum Gasteiger partial charge on any atom is -0.464 e. The number of amides is 1. The number of nitrogens with two attached hydrogens (primary N) is 1. The molecule has 0 atom stereocenters. The van der Waals surface area contributed by atoms with E-state index in [9.17, 15) is 4.79 Å². The summed E-state index contributed by atoms with van der Waals surface area (Å²) in [5, 5.41) is 6.49. The summed E-state index contributed by atoms with van der Waals surface area (Å²) < 4.78 is 13.9. The van der Waals surface area contributed by atoms with Crippen molar-refractivity contribution < 1.29 is 18.4 Å². The van der Waals surface area contributed by atoms with Gasteiger partial charge in [-0.05, 0) is 25.0 Å². The Kier molecular flexibility index (Phi) is 5.82. The number of carbonyl (C=O) groups is 2. The molecule has 0 unspecified atom stereocenters. The number of piperidine rings is 1. The average molecular weight is 472 g/mol. The largest absolute Gasteiger partial charge is 0.464 e. The van der Waals surface area contributed by atoms with Crippen molar-refractivity contribution in [2.75, 3.05) is 18.8 Å². The highest BCUT2D eigenvalue weighted by molar-refractivity contribution is 6.02. The molecule has 9 heteroatoms. The highest BCUT2D eigenvalue weighted by Gasteiger charge is 2.23. The van der Waals surface area contributed by atoms with Crippen molar-refractivity contribution in [3.8, 4) is 22.5 Å². The number of furan rings is 2. The fraction of sp³-hybridized carbons (Fsp3) is 0.231. The van der Waals surface area contributed by atoms with Gasteiger partial charge in [0.1, 0.15) is 24.4 Å². The number of carbonyl (C=O) groups excluding carboxylic acids is 2. The molecule has 2 N–H and O–H groups in total. The quantitative estimate of drug-likeness (QED) is 0.405. The van der Waals surface area contributed by atoms with Crippen LogP contribution in [0, 0.1) is 0 Å². The van der Waals surface area contributed by atoms with E-state index in [1.54, 1.807) is 19.4 Å². The van der Waals surface area contributed by atoms with Crippen LogP contribution in [-0.2, 0) is 9.59 Å². The smallest absolute Gasteiger partial charge is 0.219 e. The number of nitrogen functional groups attached to an aromatic ring is 1. The predicted octanol–water partition coefficient (Wildman–Crippen LogP) is 4.69. The van der Waals surface area contributed by atoms with Crippen LogP contribution in [0.3, 0.4) is 0 Å². The van der Waals surface area contributed by atoms with E-state index in [0.29, 0.717) is 17.2 Å². The molecule has 1 aliphatic rings. The molecular formula is C26H25N5O4. The van der Waals surface area contributed by atoms with Crippen molar-refractivity contribution >= 4 is 40.5 Å². The average Bonchev–Trinajstić information content (AvgIpc) is 3.64. The first kappa shape index (κ1) is 22.4. The Labute approximate surface area is 201 Å². The van der Waals surface area contributed by atoms with E-state index in [-0.39, 0.29) is 11.9 Å². The number of rotatable bonds is 3. The molecule has 1 aliphatic heterocycles. The van der Waals surface area contributed by atoms with E-state index < -0.39 is 0 Å². The maximum absolute atomic E-state index is 11.6. The lowest BCUT2D eigenvalue weighted by Gasteiger charge is -2.31. The van der Waals surface area contributed by atoms with Crippen LogP contribution in [0.15, 0.2) is 64.0 Å². The second-order valence-corrected chi connectivity index (χ2v) is 8.50. The van der Waals surface area contributed by atoms with Gasteiger partial charge in [-0.2, -0.15) is 5.10 Å². The number of hydrogen-bond acceptors (Lipinski definition) is 7. The second kappa shape index (κ2) is 9.09. The van der Waals surface area contributed by atoms with Crippen LogP contribution in [0.4, 0.5) is 5.82 Å². The van der Waals surface area contributed by atoms with Crippen LogP contribution in [-0.4, -0.2) is 45.5 Å². The Hall–Kier alpha value is -4.40. The molecule has 35 heavy (non-hydrogen) atoms. The Morgan fingerprint density at radius 1 is 1.11 bits per heavy atom. The van der Waals surface area contributed by atoms with Gasteiger partial charge in [0, 0.05) is 54.3 Å². The molecule has 0 saturated carbocycles. The minimum atomic E-state index is 0.131. The molecule has 5 heterocycles. The number of likely N-dealkylation sites (tertiary alicyclic amines) is 1. The number of pyridine rings is 1. The molecule has 0 spiro atoms. The summed E-state index contributed by atoms with van der Waals surface area (Å²) in [5.74, 6) is 1.16. The summed E-state index contributed by atoms with van der Waals surface area (Å²) in [5.41, 5.74) is 10.3. The highest BCUT2D eigenvalue weighted by atomic mass is 16.3. The van der Waals surface area contributed by atoms with Gasteiger partial charge in [0.15, 0.2) is 11.4 Å². The lowest BCUT2D eigenvalue weighted by Crippen LogP contribution is -2.37. The molecule has 4 aromatic heterocycles. The number of fused-ring (bicyclic) bond motifs is 2. The maximum Gasteiger partial charge on any atom is 0.219 e. The van der Waals surface area contributed by atoms with E-state index in [0.717, 1.165) is 59.0 Å². The molecule has 9 nitrogen and oxygen atoms in total. The van der Waals surface area contributed by atoms with Gasteiger partial charge in [-0.25, -0.2) is 4.98 Å². The fourth-order valence-electron chi connectivity index (χ4n) is 4.70. The summed E-state index contributed by atoms with van der Waals surface area (Å²) >= 11 is 0. The third kappa shape index (κ3) is 3.95. The van der Waals surface area contributed by atoms with Crippen molar-refractivity contribution in [3.05, 3.63) is 55.2 Å². The number of anilines is 1. The van der Waals surface area contributed by atoms with E-state index in [4.69, 9.17) is 19.4 Å². The Morgan fingerprint density at radius 2 is 1.89 bits per heavy atom. The van der Waals surface area contributed by atoms with Gasteiger partial charge in [-0.3, -0.25) is 9.48 Å². The first-order valence-electron chi connectivity index (χ1n) is 11.3. The maximum atomic E-state index is 11.6. The molecule has 6 rings (SSSR count). The Morgan fingerprint density at radius 3 is 2.66 bits per heavy atom. The fourth-order valence-corrected chi connectivity index (χ4v) is 4.70. The normalized spacial score (nSPS) is 14.3. The van der Waals surface area contributed by atoms with Crippen molar-refractivity contribution in [1.82, 2.24) is 19.7 Å². The monoisotopic (exact) mass is 471 g/mol. The molecular weight excluding hydrogens is 446 g/mol. The van der Waals surface area contributed by atoms with Gasteiger partial charge in [0.25, 0.3) is 0 Å². The lowest BCUT2D eigenvalue weighted by molar-refractivity contribution is -0.130. The minimum absolute atomic E-state index is 0.131. The highest BCUT2D eigenvalue weighted by Crippen LogP contribution is 2.39. The van der Waals surface area contributed by atoms with Crippen LogP contribution in [0.5, 0.6) is 0 Å². The van der Waals surface area contributed by atoms with Crippen molar-refractivity contribution in [2.45, 2.75) is 25.8 Å². The van der Waals surface area contributed by atoms with E-state index in [2.05, 4.69) is 10.1 Å². The summed E-state index contributed by atoms with van der Waals surface area (Å²) in [4.78, 5) is 25.9. The molecule has 178 valence electrons. The summed E-state index contributed by atoms with van der Waals surface area (Å²) in [6, 6.07) is 10.1. The SMILES string of the molecule is C=O.CC(=O)N1CCC(n2cc(-c3cnc(N)c4oc(-c5coc6ccccc56)cc34)cn2)CC1. The van der Waals surface area contributed by atoms with E-state index in [1.807, 2.05) is 59.1 Å². The summed E-state index contributed by atoms with van der Waals surface area (Å²) in [6.45, 7) is 5.14. The summed E-state index contributed by atoms with van der Waals surface area (Å²) in [6.07, 6.45) is 9.14.